The van der Waals surface area contributed by atoms with Crippen LogP contribution in [-0.4, -0.2) is 20.8 Å². The van der Waals surface area contributed by atoms with Crippen molar-refractivity contribution in [1.29, 1.82) is 0 Å². The molecule has 0 aliphatic heterocycles. The van der Waals surface area contributed by atoms with Gasteiger partial charge in [0, 0.05) is 12.2 Å². The van der Waals surface area contributed by atoms with Crippen molar-refractivity contribution < 1.29 is 12.8 Å². The van der Waals surface area contributed by atoms with Crippen LogP contribution in [0.4, 0.5) is 4.39 Å². The second kappa shape index (κ2) is 8.13. The average molecular weight is 363 g/mol. The van der Waals surface area contributed by atoms with Gasteiger partial charge in [0.1, 0.15) is 6.17 Å². The molecule has 4 heteroatoms. The third-order valence-electron chi connectivity index (χ3n) is 4.87. The summed E-state index contributed by atoms with van der Waals surface area (Å²) in [5.41, 5.74) is 4.58. The lowest BCUT2D eigenvalue weighted by Gasteiger charge is -2.15. The highest BCUT2D eigenvalue weighted by atomic mass is 32.2. The fourth-order valence-corrected chi connectivity index (χ4v) is 3.80. The maximum atomic E-state index is 14.1. The summed E-state index contributed by atoms with van der Waals surface area (Å²) in [7, 11) is -3.18. The number of hydrogen-bond acceptors (Lipinski definition) is 2. The normalized spacial score (nSPS) is 18.8. The van der Waals surface area contributed by atoms with Crippen molar-refractivity contribution in [3.63, 3.8) is 0 Å². The van der Waals surface area contributed by atoms with E-state index >= 15 is 0 Å². The molecule has 1 aromatic carbocycles. The van der Waals surface area contributed by atoms with Crippen LogP contribution in [0.2, 0.25) is 0 Å². The molecule has 0 radical (unpaired) electrons. The molecule has 0 amide bonds. The quantitative estimate of drug-likeness (QED) is 0.624. The van der Waals surface area contributed by atoms with Crippen molar-refractivity contribution in [3.05, 3.63) is 59.2 Å². The fraction of sp³-hybridized carbons (Fsp3) is 0.429. The zero-order valence-electron chi connectivity index (χ0n) is 15.4. The Balaban J connectivity index is 2.31. The van der Waals surface area contributed by atoms with Gasteiger partial charge in [0.25, 0.3) is 0 Å². The van der Waals surface area contributed by atoms with Gasteiger partial charge in [-0.3, -0.25) is 0 Å². The van der Waals surface area contributed by atoms with Gasteiger partial charge in [-0.15, -0.1) is 0 Å². The van der Waals surface area contributed by atoms with Crippen molar-refractivity contribution in [1.82, 2.24) is 0 Å². The lowest BCUT2D eigenvalue weighted by Crippen LogP contribution is -2.11. The Kier molecular flexibility index (Phi) is 6.39. The molecule has 2 atom stereocenters. The Morgan fingerprint density at radius 2 is 1.84 bits per heavy atom. The predicted molar refractivity (Wildman–Crippen MR) is 103 cm³/mol. The van der Waals surface area contributed by atoms with Gasteiger partial charge in [-0.05, 0) is 62.0 Å². The Morgan fingerprint density at radius 1 is 1.20 bits per heavy atom. The molecular weight excluding hydrogens is 335 g/mol. The zero-order chi connectivity index (χ0) is 18.6. The molecule has 0 bridgehead atoms. The molecule has 2 nitrogen and oxygen atoms in total. The summed E-state index contributed by atoms with van der Waals surface area (Å²) in [5.74, 6) is -0.154. The number of hydrogen-bond donors (Lipinski definition) is 0. The summed E-state index contributed by atoms with van der Waals surface area (Å²) < 4.78 is 37.3. The SMILES string of the molecule is C/C=C\C(F)C(C)/C(C)=C/C1=C(c2ccc(S(C)(=O)=O)cc2)CCC1. The van der Waals surface area contributed by atoms with E-state index in [0.29, 0.717) is 4.90 Å². The van der Waals surface area contributed by atoms with Gasteiger partial charge >= 0.3 is 0 Å². The molecule has 0 heterocycles. The summed E-state index contributed by atoms with van der Waals surface area (Å²) in [6.07, 6.45) is 8.73. The number of rotatable bonds is 6. The molecule has 2 unspecified atom stereocenters. The molecule has 0 spiro atoms. The minimum atomic E-state index is -3.18. The summed E-state index contributed by atoms with van der Waals surface area (Å²) in [5, 5.41) is 0. The molecule has 0 fully saturated rings. The van der Waals surface area contributed by atoms with E-state index in [0.717, 1.165) is 30.4 Å². The topological polar surface area (TPSA) is 34.1 Å². The average Bonchev–Trinajstić information content (AvgIpc) is 3.01. The largest absolute Gasteiger partial charge is 0.242 e. The molecule has 136 valence electrons. The maximum Gasteiger partial charge on any atom is 0.175 e. The van der Waals surface area contributed by atoms with Crippen LogP contribution in [0.3, 0.4) is 0 Å². The molecule has 25 heavy (non-hydrogen) atoms. The molecule has 0 saturated carbocycles. The van der Waals surface area contributed by atoms with Crippen LogP contribution in [0.5, 0.6) is 0 Å². The predicted octanol–water partition coefficient (Wildman–Crippen LogP) is 5.52. The third kappa shape index (κ3) is 4.91. The molecule has 1 aliphatic carbocycles. The maximum absolute atomic E-state index is 14.1. The van der Waals surface area contributed by atoms with Gasteiger partial charge < -0.3 is 0 Å². The fourth-order valence-electron chi connectivity index (χ4n) is 3.17. The van der Waals surface area contributed by atoms with Crippen LogP contribution in [0, 0.1) is 5.92 Å². The minimum Gasteiger partial charge on any atom is -0.242 e. The molecule has 0 aromatic heterocycles. The second-order valence-corrected chi connectivity index (χ2v) is 8.82. The highest BCUT2D eigenvalue weighted by Gasteiger charge is 2.19. The first-order valence-electron chi connectivity index (χ1n) is 8.71. The van der Waals surface area contributed by atoms with E-state index < -0.39 is 16.0 Å². The van der Waals surface area contributed by atoms with Gasteiger partial charge in [0.2, 0.25) is 0 Å². The zero-order valence-corrected chi connectivity index (χ0v) is 16.2. The van der Waals surface area contributed by atoms with E-state index in [2.05, 4.69) is 6.08 Å². The number of sulfone groups is 1. The summed E-state index contributed by atoms with van der Waals surface area (Å²) in [6, 6.07) is 7.08. The molecular formula is C21H27FO2S. The standard InChI is InChI=1S/C21H27FO2S/c1-5-7-21(22)16(3)15(2)14-18-8-6-9-20(18)17-10-12-19(13-11-17)25(4,23)24/h5,7,10-14,16,21H,6,8-9H2,1-4H3/b7-5-,15-14+. The molecule has 2 rings (SSSR count). The lowest BCUT2D eigenvalue weighted by atomic mass is 9.93. The van der Waals surface area contributed by atoms with Crippen molar-refractivity contribution in [3.8, 4) is 0 Å². The Bertz CT molecular complexity index is 799. The summed E-state index contributed by atoms with van der Waals surface area (Å²) in [6.45, 7) is 5.72. The van der Waals surface area contributed by atoms with Gasteiger partial charge in [-0.2, -0.15) is 0 Å². The Labute approximate surface area is 151 Å². The van der Waals surface area contributed by atoms with Crippen LogP contribution in [0.25, 0.3) is 5.57 Å². The molecule has 1 aromatic rings. The van der Waals surface area contributed by atoms with Crippen LogP contribution in [-0.2, 0) is 9.84 Å². The summed E-state index contributed by atoms with van der Waals surface area (Å²) >= 11 is 0. The van der Waals surface area contributed by atoms with E-state index in [1.54, 1.807) is 24.3 Å². The Hall–Kier alpha value is -1.68. The van der Waals surface area contributed by atoms with Crippen molar-refractivity contribution in [2.24, 2.45) is 5.92 Å². The molecule has 1 aliphatic rings. The second-order valence-electron chi connectivity index (χ2n) is 6.80. The van der Waals surface area contributed by atoms with Crippen molar-refractivity contribution in [2.75, 3.05) is 6.26 Å². The minimum absolute atomic E-state index is 0.154. The number of alkyl halides is 1. The monoisotopic (exact) mass is 362 g/mol. The number of halogens is 1. The highest BCUT2D eigenvalue weighted by molar-refractivity contribution is 7.90. The van der Waals surface area contributed by atoms with Crippen LogP contribution in [0.1, 0.15) is 45.6 Å². The van der Waals surface area contributed by atoms with Gasteiger partial charge in [0.05, 0.1) is 4.90 Å². The van der Waals surface area contributed by atoms with E-state index in [1.165, 1.54) is 17.4 Å². The lowest BCUT2D eigenvalue weighted by molar-refractivity contribution is 0.326. The van der Waals surface area contributed by atoms with Crippen LogP contribution in [0.15, 0.2) is 58.5 Å². The van der Waals surface area contributed by atoms with Crippen LogP contribution >= 0.6 is 0 Å². The first kappa shape index (κ1) is 19.6. The van der Waals surface area contributed by atoms with Crippen molar-refractivity contribution in [2.45, 2.75) is 51.1 Å². The smallest absolute Gasteiger partial charge is 0.175 e. The Morgan fingerprint density at radius 3 is 2.40 bits per heavy atom. The highest BCUT2D eigenvalue weighted by Crippen LogP contribution is 2.36. The first-order valence-corrected chi connectivity index (χ1v) is 10.6. The van der Waals surface area contributed by atoms with Crippen LogP contribution < -0.4 is 0 Å². The molecule has 0 saturated heterocycles. The number of allylic oxidation sites excluding steroid dienone is 6. The van der Waals surface area contributed by atoms with Crippen molar-refractivity contribution >= 4 is 15.4 Å². The molecule has 0 N–H and O–H groups in total. The van der Waals surface area contributed by atoms with Gasteiger partial charge in [-0.25, -0.2) is 12.8 Å². The third-order valence-corrected chi connectivity index (χ3v) is 5.99. The van der Waals surface area contributed by atoms with E-state index in [1.807, 2.05) is 32.9 Å². The van der Waals surface area contributed by atoms with E-state index in [4.69, 9.17) is 0 Å². The van der Waals surface area contributed by atoms with E-state index in [-0.39, 0.29) is 5.92 Å². The first-order chi connectivity index (χ1) is 11.7. The summed E-state index contributed by atoms with van der Waals surface area (Å²) in [4.78, 5) is 0.336. The van der Waals surface area contributed by atoms with Gasteiger partial charge in [-0.1, -0.05) is 42.9 Å². The van der Waals surface area contributed by atoms with Gasteiger partial charge in [0.15, 0.2) is 9.84 Å². The van der Waals surface area contributed by atoms with E-state index in [9.17, 15) is 12.8 Å². The number of benzene rings is 1.